The van der Waals surface area contributed by atoms with E-state index in [9.17, 15) is 4.79 Å². The number of benzene rings is 1. The Labute approximate surface area is 124 Å². The lowest BCUT2D eigenvalue weighted by molar-refractivity contribution is -0.121. The standard InChI is InChI=1S/C16H20N4O/c1-2-9-20-15(18-11-19-20)10-14(21)16(7-8-16)12-3-5-13(17)6-4-12/h3-6,11H,2,7-10,17H2,1H3. The summed E-state index contributed by atoms with van der Waals surface area (Å²) in [7, 11) is 0. The van der Waals surface area contributed by atoms with Gasteiger partial charge in [-0.2, -0.15) is 5.10 Å². The SMILES string of the molecule is CCCn1ncnc1CC(=O)C1(c2ccc(N)cc2)CC1. The fraction of sp³-hybridized carbons (Fsp3) is 0.438. The van der Waals surface area contributed by atoms with Gasteiger partial charge >= 0.3 is 0 Å². The molecule has 2 N–H and O–H groups in total. The number of hydrogen-bond donors (Lipinski definition) is 1. The second-order valence-electron chi connectivity index (χ2n) is 5.70. The predicted molar refractivity (Wildman–Crippen MR) is 80.8 cm³/mol. The average Bonchev–Trinajstić information content (AvgIpc) is 3.18. The lowest BCUT2D eigenvalue weighted by Crippen LogP contribution is -2.24. The van der Waals surface area contributed by atoms with Crippen LogP contribution in [0.5, 0.6) is 0 Å². The second kappa shape index (κ2) is 5.31. The lowest BCUT2D eigenvalue weighted by Gasteiger charge is -2.15. The molecule has 3 rings (SSSR count). The summed E-state index contributed by atoms with van der Waals surface area (Å²) in [5.74, 6) is 1.00. The van der Waals surface area contributed by atoms with Crippen LogP contribution in [0.25, 0.3) is 0 Å². The minimum atomic E-state index is -0.323. The van der Waals surface area contributed by atoms with Crippen molar-refractivity contribution in [1.82, 2.24) is 14.8 Å². The summed E-state index contributed by atoms with van der Waals surface area (Å²) in [5, 5.41) is 4.18. The molecule has 0 unspecified atom stereocenters. The Kier molecular flexibility index (Phi) is 3.49. The van der Waals surface area contributed by atoms with Gasteiger partial charge in [0, 0.05) is 12.2 Å². The number of anilines is 1. The van der Waals surface area contributed by atoms with E-state index in [1.807, 2.05) is 28.9 Å². The molecule has 0 bridgehead atoms. The molecule has 0 saturated heterocycles. The summed E-state index contributed by atoms with van der Waals surface area (Å²) in [4.78, 5) is 17.0. The first-order chi connectivity index (χ1) is 10.2. The molecule has 1 aromatic carbocycles. The Hall–Kier alpha value is -2.17. The average molecular weight is 284 g/mol. The van der Waals surface area contributed by atoms with E-state index in [4.69, 9.17) is 5.73 Å². The number of Topliss-reactive ketones (excluding diaryl/α,β-unsaturated/α-hetero) is 1. The molecule has 5 heteroatoms. The summed E-state index contributed by atoms with van der Waals surface area (Å²) in [6.45, 7) is 2.89. The van der Waals surface area contributed by atoms with Gasteiger partial charge < -0.3 is 5.73 Å². The molecule has 5 nitrogen and oxygen atoms in total. The van der Waals surface area contributed by atoms with Crippen molar-refractivity contribution in [1.29, 1.82) is 0 Å². The molecule has 1 fully saturated rings. The van der Waals surface area contributed by atoms with Crippen molar-refractivity contribution in [2.45, 2.75) is 44.6 Å². The number of nitrogens with two attached hydrogens (primary N) is 1. The van der Waals surface area contributed by atoms with E-state index in [0.29, 0.717) is 6.42 Å². The van der Waals surface area contributed by atoms with Gasteiger partial charge in [0.15, 0.2) is 5.78 Å². The minimum Gasteiger partial charge on any atom is -0.399 e. The quantitative estimate of drug-likeness (QED) is 0.824. The third-order valence-corrected chi connectivity index (χ3v) is 4.20. The van der Waals surface area contributed by atoms with Crippen LogP contribution in [-0.4, -0.2) is 20.5 Å². The van der Waals surface area contributed by atoms with E-state index in [-0.39, 0.29) is 11.2 Å². The first-order valence-electron chi connectivity index (χ1n) is 7.42. The highest BCUT2D eigenvalue weighted by atomic mass is 16.1. The van der Waals surface area contributed by atoms with E-state index in [1.54, 1.807) is 0 Å². The molecule has 0 aliphatic heterocycles. The Morgan fingerprint density at radius 1 is 1.33 bits per heavy atom. The van der Waals surface area contributed by atoms with Crippen molar-refractivity contribution in [3.8, 4) is 0 Å². The van der Waals surface area contributed by atoms with E-state index < -0.39 is 0 Å². The number of rotatable bonds is 6. The third-order valence-electron chi connectivity index (χ3n) is 4.20. The van der Waals surface area contributed by atoms with Crippen LogP contribution in [0.1, 0.15) is 37.6 Å². The molecule has 110 valence electrons. The maximum absolute atomic E-state index is 12.7. The van der Waals surface area contributed by atoms with E-state index in [1.165, 1.54) is 6.33 Å². The molecule has 1 aliphatic rings. The molecule has 0 spiro atoms. The topological polar surface area (TPSA) is 73.8 Å². The van der Waals surface area contributed by atoms with Crippen LogP contribution in [0, 0.1) is 0 Å². The summed E-state index contributed by atoms with van der Waals surface area (Å²) in [6.07, 6.45) is 4.69. The number of nitrogens with zero attached hydrogens (tertiary/aromatic N) is 3. The van der Waals surface area contributed by atoms with Crippen LogP contribution in [0.15, 0.2) is 30.6 Å². The Morgan fingerprint density at radius 3 is 2.67 bits per heavy atom. The molecule has 21 heavy (non-hydrogen) atoms. The van der Waals surface area contributed by atoms with E-state index in [2.05, 4.69) is 17.0 Å². The van der Waals surface area contributed by atoms with Crippen molar-refractivity contribution in [3.63, 3.8) is 0 Å². The minimum absolute atomic E-state index is 0.234. The fourth-order valence-electron chi connectivity index (χ4n) is 2.79. The monoisotopic (exact) mass is 284 g/mol. The smallest absolute Gasteiger partial charge is 0.150 e. The Morgan fingerprint density at radius 2 is 2.05 bits per heavy atom. The lowest BCUT2D eigenvalue weighted by atomic mass is 9.89. The number of nitrogen functional groups attached to an aromatic ring is 1. The van der Waals surface area contributed by atoms with Gasteiger partial charge in [0.2, 0.25) is 0 Å². The van der Waals surface area contributed by atoms with Crippen LogP contribution < -0.4 is 5.73 Å². The number of ketones is 1. The van der Waals surface area contributed by atoms with Crippen molar-refractivity contribution < 1.29 is 4.79 Å². The van der Waals surface area contributed by atoms with Crippen molar-refractivity contribution in [2.24, 2.45) is 0 Å². The number of aryl methyl sites for hydroxylation is 1. The first-order valence-corrected chi connectivity index (χ1v) is 7.42. The third kappa shape index (κ3) is 2.55. The Bertz CT molecular complexity index is 641. The van der Waals surface area contributed by atoms with Crippen LogP contribution in [0.3, 0.4) is 0 Å². The Balaban J connectivity index is 1.78. The zero-order valence-electron chi connectivity index (χ0n) is 12.2. The molecule has 0 radical (unpaired) electrons. The summed E-state index contributed by atoms with van der Waals surface area (Å²) >= 11 is 0. The number of hydrogen-bond acceptors (Lipinski definition) is 4. The molecule has 2 aromatic rings. The molecule has 1 heterocycles. The maximum atomic E-state index is 12.7. The summed E-state index contributed by atoms with van der Waals surface area (Å²) in [6, 6.07) is 7.67. The highest BCUT2D eigenvalue weighted by Crippen LogP contribution is 2.49. The van der Waals surface area contributed by atoms with Gasteiger partial charge in [-0.25, -0.2) is 9.67 Å². The van der Waals surface area contributed by atoms with Gasteiger partial charge in [-0.15, -0.1) is 0 Å². The van der Waals surface area contributed by atoms with Gasteiger partial charge in [0.05, 0.1) is 11.8 Å². The summed E-state index contributed by atoms with van der Waals surface area (Å²) in [5.41, 5.74) is 7.20. The molecule has 1 aliphatic carbocycles. The summed E-state index contributed by atoms with van der Waals surface area (Å²) < 4.78 is 1.83. The maximum Gasteiger partial charge on any atom is 0.150 e. The van der Waals surface area contributed by atoms with Crippen LogP contribution in [0.4, 0.5) is 5.69 Å². The fourth-order valence-corrected chi connectivity index (χ4v) is 2.79. The second-order valence-corrected chi connectivity index (χ2v) is 5.70. The van der Waals surface area contributed by atoms with Gasteiger partial charge in [-0.05, 0) is 37.0 Å². The predicted octanol–water partition coefficient (Wildman–Crippen LogP) is 2.11. The molecular weight excluding hydrogens is 264 g/mol. The van der Waals surface area contributed by atoms with Crippen molar-refractivity contribution >= 4 is 11.5 Å². The molecule has 1 saturated carbocycles. The van der Waals surface area contributed by atoms with Crippen LogP contribution >= 0.6 is 0 Å². The van der Waals surface area contributed by atoms with Crippen LogP contribution in [-0.2, 0) is 23.2 Å². The van der Waals surface area contributed by atoms with Crippen LogP contribution in [0.2, 0.25) is 0 Å². The van der Waals surface area contributed by atoms with E-state index in [0.717, 1.165) is 42.9 Å². The van der Waals surface area contributed by atoms with Gasteiger partial charge in [-0.3, -0.25) is 4.79 Å². The van der Waals surface area contributed by atoms with E-state index >= 15 is 0 Å². The molecular formula is C16H20N4O. The van der Waals surface area contributed by atoms with Gasteiger partial charge in [0.25, 0.3) is 0 Å². The number of carbonyl (C=O) groups excluding carboxylic acids is 1. The first kappa shape index (κ1) is 13.8. The van der Waals surface area contributed by atoms with Crippen molar-refractivity contribution in [3.05, 3.63) is 42.0 Å². The zero-order valence-corrected chi connectivity index (χ0v) is 12.2. The number of carbonyl (C=O) groups is 1. The highest BCUT2D eigenvalue weighted by Gasteiger charge is 2.50. The highest BCUT2D eigenvalue weighted by molar-refractivity contribution is 5.94. The zero-order chi connectivity index (χ0) is 14.9. The molecule has 1 aromatic heterocycles. The number of aromatic nitrogens is 3. The van der Waals surface area contributed by atoms with Crippen molar-refractivity contribution in [2.75, 3.05) is 5.73 Å². The van der Waals surface area contributed by atoms with Gasteiger partial charge in [-0.1, -0.05) is 19.1 Å². The molecule has 0 amide bonds. The molecule has 0 atom stereocenters. The largest absolute Gasteiger partial charge is 0.399 e. The normalized spacial score (nSPS) is 15.9. The van der Waals surface area contributed by atoms with Gasteiger partial charge in [0.1, 0.15) is 12.2 Å².